The minimum Gasteiger partial charge on any atom is -0.326 e. The highest BCUT2D eigenvalue weighted by molar-refractivity contribution is 5.90. The van der Waals surface area contributed by atoms with Gasteiger partial charge in [-0.1, -0.05) is 26.0 Å². The van der Waals surface area contributed by atoms with Gasteiger partial charge in [0.1, 0.15) is 0 Å². The molecule has 1 saturated heterocycles. The molecule has 3 heteroatoms. The first-order chi connectivity index (χ1) is 9.63. The topological polar surface area (TPSA) is 32.3 Å². The molecule has 1 aromatic rings. The third kappa shape index (κ3) is 4.97. The Balaban J connectivity index is 1.78. The Morgan fingerprint density at radius 2 is 1.85 bits per heavy atom. The zero-order valence-corrected chi connectivity index (χ0v) is 12.7. The van der Waals surface area contributed by atoms with Gasteiger partial charge in [-0.25, -0.2) is 0 Å². The highest BCUT2D eigenvalue weighted by Crippen LogP contribution is 2.13. The van der Waals surface area contributed by atoms with Gasteiger partial charge in [-0.2, -0.15) is 0 Å². The maximum absolute atomic E-state index is 11.7. The highest BCUT2D eigenvalue weighted by Gasteiger charge is 2.10. The van der Waals surface area contributed by atoms with E-state index in [1.54, 1.807) is 0 Å². The van der Waals surface area contributed by atoms with Gasteiger partial charge in [0.2, 0.25) is 5.91 Å². The van der Waals surface area contributed by atoms with Crippen molar-refractivity contribution in [1.82, 2.24) is 4.90 Å². The van der Waals surface area contributed by atoms with Crippen molar-refractivity contribution in [3.8, 4) is 0 Å². The van der Waals surface area contributed by atoms with Gasteiger partial charge in [0, 0.05) is 18.7 Å². The third-order valence-electron chi connectivity index (χ3n) is 3.75. The minimum atomic E-state index is 0.102. The van der Waals surface area contributed by atoms with Gasteiger partial charge in [-0.05, 0) is 56.0 Å². The molecule has 0 bridgehead atoms. The first kappa shape index (κ1) is 15.0. The van der Waals surface area contributed by atoms with Crippen molar-refractivity contribution in [1.29, 1.82) is 0 Å². The summed E-state index contributed by atoms with van der Waals surface area (Å²) >= 11 is 0. The lowest BCUT2D eigenvalue weighted by Gasteiger charge is -2.14. The number of anilines is 1. The number of rotatable bonds is 6. The molecule has 1 amide bonds. The number of benzene rings is 1. The Morgan fingerprint density at radius 1 is 1.20 bits per heavy atom. The lowest BCUT2D eigenvalue weighted by atomic mass is 10.1. The van der Waals surface area contributed by atoms with E-state index in [4.69, 9.17) is 0 Å². The van der Waals surface area contributed by atoms with Gasteiger partial charge >= 0.3 is 0 Å². The summed E-state index contributed by atoms with van der Waals surface area (Å²) in [7, 11) is 0. The largest absolute Gasteiger partial charge is 0.326 e. The summed E-state index contributed by atoms with van der Waals surface area (Å²) in [6, 6.07) is 8.28. The molecule has 0 aliphatic carbocycles. The average Bonchev–Trinajstić information content (AvgIpc) is 2.90. The number of carbonyl (C=O) groups excluding carboxylic acids is 1. The van der Waals surface area contributed by atoms with Crippen molar-refractivity contribution in [2.24, 2.45) is 5.92 Å². The molecule has 0 unspecified atom stereocenters. The Bertz CT molecular complexity index is 419. The van der Waals surface area contributed by atoms with E-state index in [-0.39, 0.29) is 5.91 Å². The smallest absolute Gasteiger partial charge is 0.224 e. The van der Waals surface area contributed by atoms with Crippen LogP contribution in [0.5, 0.6) is 0 Å². The Labute approximate surface area is 122 Å². The summed E-state index contributed by atoms with van der Waals surface area (Å²) in [6.45, 7) is 7.77. The van der Waals surface area contributed by atoms with Crippen LogP contribution in [0.4, 0.5) is 5.69 Å². The maximum atomic E-state index is 11.7. The van der Waals surface area contributed by atoms with E-state index in [2.05, 4.69) is 36.2 Å². The number of hydrogen-bond acceptors (Lipinski definition) is 2. The van der Waals surface area contributed by atoms with Crippen LogP contribution in [-0.4, -0.2) is 30.4 Å². The fourth-order valence-corrected chi connectivity index (χ4v) is 2.63. The van der Waals surface area contributed by atoms with Gasteiger partial charge in [0.15, 0.2) is 0 Å². The standard InChI is InChI=1S/C17H26N2O/c1-14(2)13-17(20)18-16-7-5-15(6-8-16)9-12-19-10-3-4-11-19/h5-8,14H,3-4,9-13H2,1-2H3,(H,18,20). The van der Waals surface area contributed by atoms with Crippen LogP contribution in [0.1, 0.15) is 38.7 Å². The predicted octanol–water partition coefficient (Wildman–Crippen LogP) is 3.31. The van der Waals surface area contributed by atoms with E-state index in [1.807, 2.05) is 12.1 Å². The maximum Gasteiger partial charge on any atom is 0.224 e. The Morgan fingerprint density at radius 3 is 2.45 bits per heavy atom. The predicted molar refractivity (Wildman–Crippen MR) is 83.9 cm³/mol. The van der Waals surface area contributed by atoms with Gasteiger partial charge < -0.3 is 10.2 Å². The number of hydrogen-bond donors (Lipinski definition) is 1. The van der Waals surface area contributed by atoms with E-state index in [1.165, 1.54) is 31.5 Å². The molecule has 1 fully saturated rings. The van der Waals surface area contributed by atoms with Gasteiger partial charge in [0.05, 0.1) is 0 Å². The average molecular weight is 274 g/mol. The van der Waals surface area contributed by atoms with Crippen molar-refractivity contribution < 1.29 is 4.79 Å². The number of nitrogens with zero attached hydrogens (tertiary/aromatic N) is 1. The SMILES string of the molecule is CC(C)CC(=O)Nc1ccc(CCN2CCCC2)cc1. The second-order valence-corrected chi connectivity index (χ2v) is 6.14. The van der Waals surface area contributed by atoms with E-state index in [0.717, 1.165) is 18.7 Å². The zero-order chi connectivity index (χ0) is 14.4. The van der Waals surface area contributed by atoms with Crippen LogP contribution in [0, 0.1) is 5.92 Å². The molecule has 1 aliphatic rings. The normalized spacial score (nSPS) is 15.8. The van der Waals surface area contributed by atoms with Crippen molar-refractivity contribution in [2.75, 3.05) is 25.0 Å². The van der Waals surface area contributed by atoms with Gasteiger partial charge in [0.25, 0.3) is 0 Å². The van der Waals surface area contributed by atoms with Crippen LogP contribution in [-0.2, 0) is 11.2 Å². The summed E-state index contributed by atoms with van der Waals surface area (Å²) in [4.78, 5) is 14.2. The number of amides is 1. The van der Waals surface area contributed by atoms with Crippen molar-refractivity contribution >= 4 is 11.6 Å². The lowest BCUT2D eigenvalue weighted by molar-refractivity contribution is -0.116. The molecule has 110 valence electrons. The molecule has 0 spiro atoms. The van der Waals surface area contributed by atoms with Crippen molar-refractivity contribution in [2.45, 2.75) is 39.5 Å². The Hall–Kier alpha value is -1.35. The molecule has 1 aromatic carbocycles. The summed E-state index contributed by atoms with van der Waals surface area (Å²) in [5.74, 6) is 0.500. The molecule has 2 rings (SSSR count). The minimum absolute atomic E-state index is 0.102. The van der Waals surface area contributed by atoms with Gasteiger partial charge in [-0.15, -0.1) is 0 Å². The fraction of sp³-hybridized carbons (Fsp3) is 0.588. The molecule has 0 aromatic heterocycles. The molecule has 0 radical (unpaired) electrons. The Kier molecular flexibility index (Phi) is 5.60. The molecular formula is C17H26N2O. The van der Waals surface area contributed by atoms with Crippen LogP contribution < -0.4 is 5.32 Å². The quantitative estimate of drug-likeness (QED) is 0.863. The zero-order valence-electron chi connectivity index (χ0n) is 12.7. The highest BCUT2D eigenvalue weighted by atomic mass is 16.1. The second-order valence-electron chi connectivity index (χ2n) is 6.14. The van der Waals surface area contributed by atoms with Crippen LogP contribution in [0.25, 0.3) is 0 Å². The molecular weight excluding hydrogens is 248 g/mol. The van der Waals surface area contributed by atoms with Crippen molar-refractivity contribution in [3.63, 3.8) is 0 Å². The summed E-state index contributed by atoms with van der Waals surface area (Å²) in [5.41, 5.74) is 2.25. The molecule has 1 heterocycles. The van der Waals surface area contributed by atoms with E-state index in [9.17, 15) is 4.79 Å². The van der Waals surface area contributed by atoms with E-state index in [0.29, 0.717) is 12.3 Å². The lowest BCUT2D eigenvalue weighted by Crippen LogP contribution is -2.21. The molecule has 3 nitrogen and oxygen atoms in total. The summed E-state index contributed by atoms with van der Waals surface area (Å²) < 4.78 is 0. The van der Waals surface area contributed by atoms with Crippen LogP contribution >= 0.6 is 0 Å². The molecule has 20 heavy (non-hydrogen) atoms. The molecule has 0 saturated carbocycles. The number of likely N-dealkylation sites (tertiary alicyclic amines) is 1. The van der Waals surface area contributed by atoms with Gasteiger partial charge in [-0.3, -0.25) is 4.79 Å². The first-order valence-corrected chi connectivity index (χ1v) is 7.74. The first-order valence-electron chi connectivity index (χ1n) is 7.74. The summed E-state index contributed by atoms with van der Waals surface area (Å²) in [6.07, 6.45) is 4.37. The molecule has 0 atom stereocenters. The van der Waals surface area contributed by atoms with Crippen LogP contribution in [0.3, 0.4) is 0 Å². The number of nitrogens with one attached hydrogen (secondary N) is 1. The second kappa shape index (κ2) is 7.44. The monoisotopic (exact) mass is 274 g/mol. The van der Waals surface area contributed by atoms with Crippen molar-refractivity contribution in [3.05, 3.63) is 29.8 Å². The number of carbonyl (C=O) groups is 1. The summed E-state index contributed by atoms with van der Waals surface area (Å²) in [5, 5.41) is 2.95. The van der Waals surface area contributed by atoms with E-state index < -0.39 is 0 Å². The van der Waals surface area contributed by atoms with E-state index >= 15 is 0 Å². The van der Waals surface area contributed by atoms with Crippen LogP contribution in [0.15, 0.2) is 24.3 Å². The molecule has 1 N–H and O–H groups in total. The molecule has 1 aliphatic heterocycles. The third-order valence-corrected chi connectivity index (χ3v) is 3.75. The van der Waals surface area contributed by atoms with Crippen LogP contribution in [0.2, 0.25) is 0 Å². The fourth-order valence-electron chi connectivity index (χ4n) is 2.63.